The summed E-state index contributed by atoms with van der Waals surface area (Å²) in [5.74, 6) is 0.987. The Kier molecular flexibility index (Phi) is 5.02. The van der Waals surface area contributed by atoms with E-state index in [-0.39, 0.29) is 12.5 Å². The standard InChI is InChI=1S/C18H15NO7/c1-2-23-16-9-12(7-8-19(21)22)3-5-15(16)26-18(20)13-4-6-14-17(10-13)25-11-24-14/h3-10H,2,11H2,1H3/b8-7-. The Labute approximate surface area is 148 Å². The molecule has 0 aromatic heterocycles. The first-order valence-electron chi connectivity index (χ1n) is 7.77. The second-order valence-electron chi connectivity index (χ2n) is 5.20. The zero-order valence-electron chi connectivity index (χ0n) is 13.8. The highest BCUT2D eigenvalue weighted by atomic mass is 16.7. The van der Waals surface area contributed by atoms with Gasteiger partial charge in [0.2, 0.25) is 13.0 Å². The second kappa shape index (κ2) is 7.56. The van der Waals surface area contributed by atoms with E-state index in [9.17, 15) is 14.9 Å². The summed E-state index contributed by atoms with van der Waals surface area (Å²) in [7, 11) is 0. The largest absolute Gasteiger partial charge is 0.490 e. The number of carbonyl (C=O) groups excluding carboxylic acids is 1. The van der Waals surface area contributed by atoms with Crippen LogP contribution in [-0.2, 0) is 0 Å². The predicted molar refractivity (Wildman–Crippen MR) is 91.2 cm³/mol. The molecule has 2 aromatic carbocycles. The molecule has 0 N–H and O–H groups in total. The molecule has 8 nitrogen and oxygen atoms in total. The van der Waals surface area contributed by atoms with Crippen LogP contribution in [-0.4, -0.2) is 24.3 Å². The zero-order valence-corrected chi connectivity index (χ0v) is 13.8. The lowest BCUT2D eigenvalue weighted by molar-refractivity contribution is -0.400. The Bertz CT molecular complexity index is 876. The van der Waals surface area contributed by atoms with Crippen LogP contribution < -0.4 is 18.9 Å². The molecule has 0 amide bonds. The maximum atomic E-state index is 12.4. The minimum atomic E-state index is -0.585. The Morgan fingerprint density at radius 1 is 1.19 bits per heavy atom. The molecule has 1 aliphatic rings. The number of benzene rings is 2. The van der Waals surface area contributed by atoms with Crippen molar-refractivity contribution in [1.82, 2.24) is 0 Å². The van der Waals surface area contributed by atoms with Crippen molar-refractivity contribution in [2.24, 2.45) is 0 Å². The van der Waals surface area contributed by atoms with E-state index in [1.807, 2.05) is 0 Å². The molecule has 0 bridgehead atoms. The lowest BCUT2D eigenvalue weighted by Crippen LogP contribution is -2.09. The van der Waals surface area contributed by atoms with Crippen LogP contribution >= 0.6 is 0 Å². The number of carbonyl (C=O) groups is 1. The van der Waals surface area contributed by atoms with E-state index in [1.165, 1.54) is 12.1 Å². The number of ether oxygens (including phenoxy) is 4. The molecule has 26 heavy (non-hydrogen) atoms. The molecule has 2 aromatic rings. The Hall–Kier alpha value is -3.55. The first kappa shape index (κ1) is 17.3. The van der Waals surface area contributed by atoms with Gasteiger partial charge in [0.1, 0.15) is 0 Å². The third kappa shape index (κ3) is 3.92. The molecule has 0 saturated heterocycles. The average molecular weight is 357 g/mol. The van der Waals surface area contributed by atoms with Crippen LogP contribution in [0.1, 0.15) is 22.8 Å². The molecular weight excluding hydrogens is 342 g/mol. The quantitative estimate of drug-likeness (QED) is 0.339. The number of hydrogen-bond acceptors (Lipinski definition) is 7. The first-order valence-corrected chi connectivity index (χ1v) is 7.77. The smallest absolute Gasteiger partial charge is 0.343 e. The summed E-state index contributed by atoms with van der Waals surface area (Å²) in [4.78, 5) is 22.3. The molecule has 1 heterocycles. The van der Waals surface area contributed by atoms with Crippen LogP contribution in [0.3, 0.4) is 0 Å². The third-order valence-corrected chi connectivity index (χ3v) is 3.47. The fraction of sp³-hybridized carbons (Fsp3) is 0.167. The summed E-state index contributed by atoms with van der Waals surface area (Å²) < 4.78 is 21.3. The third-order valence-electron chi connectivity index (χ3n) is 3.47. The van der Waals surface area contributed by atoms with E-state index in [4.69, 9.17) is 18.9 Å². The van der Waals surface area contributed by atoms with Crippen molar-refractivity contribution < 1.29 is 28.7 Å². The van der Waals surface area contributed by atoms with Gasteiger partial charge in [0, 0.05) is 6.08 Å². The molecule has 1 aliphatic heterocycles. The molecule has 0 saturated carbocycles. The van der Waals surface area contributed by atoms with Gasteiger partial charge < -0.3 is 18.9 Å². The van der Waals surface area contributed by atoms with Gasteiger partial charge in [0.25, 0.3) is 0 Å². The van der Waals surface area contributed by atoms with Gasteiger partial charge in [0.05, 0.1) is 17.1 Å². The molecule has 8 heteroatoms. The van der Waals surface area contributed by atoms with E-state index in [0.29, 0.717) is 35.0 Å². The number of esters is 1. The van der Waals surface area contributed by atoms with Gasteiger partial charge >= 0.3 is 5.97 Å². The number of fused-ring (bicyclic) bond motifs is 1. The SMILES string of the molecule is CCOc1cc(/C=C\[N+](=O)[O-])ccc1OC(=O)c1ccc2c(c1)OCO2. The van der Waals surface area contributed by atoms with Crippen molar-refractivity contribution in [3.63, 3.8) is 0 Å². The van der Waals surface area contributed by atoms with E-state index in [2.05, 4.69) is 0 Å². The number of nitro groups is 1. The van der Waals surface area contributed by atoms with Gasteiger partial charge in [-0.15, -0.1) is 0 Å². The Morgan fingerprint density at radius 2 is 2.00 bits per heavy atom. The average Bonchev–Trinajstić information content (AvgIpc) is 3.09. The van der Waals surface area contributed by atoms with Gasteiger partial charge in [-0.1, -0.05) is 6.07 Å². The molecule has 0 fully saturated rings. The van der Waals surface area contributed by atoms with Crippen molar-refractivity contribution in [2.75, 3.05) is 13.4 Å². The van der Waals surface area contributed by atoms with Gasteiger partial charge in [0.15, 0.2) is 23.0 Å². The number of hydrogen-bond donors (Lipinski definition) is 0. The molecule has 134 valence electrons. The fourth-order valence-electron chi connectivity index (χ4n) is 2.31. The van der Waals surface area contributed by atoms with Crippen LogP contribution in [0.4, 0.5) is 0 Å². The highest BCUT2D eigenvalue weighted by Gasteiger charge is 2.18. The van der Waals surface area contributed by atoms with E-state index >= 15 is 0 Å². The molecular formula is C18H15NO7. The minimum absolute atomic E-state index is 0.113. The molecule has 0 atom stereocenters. The fourth-order valence-corrected chi connectivity index (χ4v) is 2.31. The molecule has 0 spiro atoms. The molecule has 0 radical (unpaired) electrons. The summed E-state index contributed by atoms with van der Waals surface area (Å²) in [6.07, 6.45) is 2.15. The van der Waals surface area contributed by atoms with E-state index in [1.54, 1.807) is 37.3 Å². The summed E-state index contributed by atoms with van der Waals surface area (Å²) in [5, 5.41) is 10.4. The van der Waals surface area contributed by atoms with Gasteiger partial charge in [-0.25, -0.2) is 4.79 Å². The summed E-state index contributed by atoms with van der Waals surface area (Å²) in [6.45, 7) is 2.24. The Balaban J connectivity index is 1.81. The van der Waals surface area contributed by atoms with Crippen molar-refractivity contribution in [1.29, 1.82) is 0 Å². The van der Waals surface area contributed by atoms with Crippen molar-refractivity contribution in [3.8, 4) is 23.0 Å². The number of nitrogens with zero attached hydrogens (tertiary/aromatic N) is 1. The van der Waals surface area contributed by atoms with Crippen LogP contribution in [0.25, 0.3) is 6.08 Å². The van der Waals surface area contributed by atoms with Crippen LogP contribution in [0.5, 0.6) is 23.0 Å². The second-order valence-corrected chi connectivity index (χ2v) is 5.20. The van der Waals surface area contributed by atoms with E-state index in [0.717, 1.165) is 6.20 Å². The highest BCUT2D eigenvalue weighted by Crippen LogP contribution is 2.34. The molecule has 3 rings (SSSR count). The molecule has 0 aliphatic carbocycles. The zero-order chi connectivity index (χ0) is 18.5. The predicted octanol–water partition coefficient (Wildman–Crippen LogP) is 3.28. The van der Waals surface area contributed by atoms with Crippen molar-refractivity contribution in [2.45, 2.75) is 6.92 Å². The maximum absolute atomic E-state index is 12.4. The van der Waals surface area contributed by atoms with E-state index < -0.39 is 10.9 Å². The minimum Gasteiger partial charge on any atom is -0.490 e. The molecule has 0 unspecified atom stereocenters. The number of rotatable bonds is 6. The normalized spacial score (nSPS) is 12.2. The lowest BCUT2D eigenvalue weighted by Gasteiger charge is -2.11. The van der Waals surface area contributed by atoms with Gasteiger partial charge in [-0.05, 0) is 42.8 Å². The van der Waals surface area contributed by atoms with Gasteiger partial charge in [-0.3, -0.25) is 10.1 Å². The summed E-state index contributed by atoms with van der Waals surface area (Å²) >= 11 is 0. The maximum Gasteiger partial charge on any atom is 0.343 e. The van der Waals surface area contributed by atoms with Gasteiger partial charge in [-0.2, -0.15) is 0 Å². The van der Waals surface area contributed by atoms with Crippen molar-refractivity contribution in [3.05, 3.63) is 63.8 Å². The monoisotopic (exact) mass is 357 g/mol. The topological polar surface area (TPSA) is 97.1 Å². The summed E-state index contributed by atoms with van der Waals surface area (Å²) in [6, 6.07) is 9.42. The van der Waals surface area contributed by atoms with Crippen LogP contribution in [0, 0.1) is 10.1 Å². The summed E-state index contributed by atoms with van der Waals surface area (Å²) in [5.41, 5.74) is 0.849. The highest BCUT2D eigenvalue weighted by molar-refractivity contribution is 5.92. The van der Waals surface area contributed by atoms with Crippen LogP contribution in [0.15, 0.2) is 42.6 Å². The Morgan fingerprint density at radius 3 is 2.77 bits per heavy atom. The van der Waals surface area contributed by atoms with Crippen molar-refractivity contribution >= 4 is 12.0 Å². The van der Waals surface area contributed by atoms with Crippen LogP contribution in [0.2, 0.25) is 0 Å². The lowest BCUT2D eigenvalue weighted by atomic mass is 10.2. The first-order chi connectivity index (χ1) is 12.6.